The molecule has 0 aliphatic rings. The summed E-state index contributed by atoms with van der Waals surface area (Å²) in [7, 11) is 0. The smallest absolute Gasteiger partial charge is 0.224 e. The molecule has 0 saturated heterocycles. The fourth-order valence-corrected chi connectivity index (χ4v) is 2.34. The first-order valence-electron chi connectivity index (χ1n) is 6.96. The average Bonchev–Trinajstić information content (AvgIpc) is 2.54. The van der Waals surface area contributed by atoms with Crippen molar-refractivity contribution in [1.29, 1.82) is 0 Å². The SMILES string of the molecule is O=C(Cc1cccc2cccnc12)NCc1ccccc1. The molecule has 3 heteroatoms. The standard InChI is InChI=1S/C18H16N2O/c21-17(20-13-14-6-2-1-3-7-14)12-16-9-4-8-15-10-5-11-19-18(15)16/h1-11H,12-13H2,(H,20,21). The highest BCUT2D eigenvalue weighted by molar-refractivity contribution is 5.87. The normalized spacial score (nSPS) is 10.5. The summed E-state index contributed by atoms with van der Waals surface area (Å²) in [5.41, 5.74) is 2.95. The van der Waals surface area contributed by atoms with E-state index in [1.165, 1.54) is 0 Å². The van der Waals surface area contributed by atoms with Gasteiger partial charge in [-0.3, -0.25) is 9.78 Å². The fraction of sp³-hybridized carbons (Fsp3) is 0.111. The van der Waals surface area contributed by atoms with E-state index in [1.54, 1.807) is 6.20 Å². The molecule has 0 bridgehead atoms. The molecule has 0 saturated carbocycles. The summed E-state index contributed by atoms with van der Waals surface area (Å²) < 4.78 is 0. The number of benzene rings is 2. The Bertz CT molecular complexity index is 748. The van der Waals surface area contributed by atoms with Crippen LogP contribution >= 0.6 is 0 Å². The zero-order valence-corrected chi connectivity index (χ0v) is 11.6. The third kappa shape index (κ3) is 3.26. The number of nitrogens with zero attached hydrogens (tertiary/aromatic N) is 1. The topological polar surface area (TPSA) is 42.0 Å². The Kier molecular flexibility index (Phi) is 3.92. The van der Waals surface area contributed by atoms with Gasteiger partial charge in [0.15, 0.2) is 0 Å². The van der Waals surface area contributed by atoms with Crippen LogP contribution in [0.2, 0.25) is 0 Å². The van der Waals surface area contributed by atoms with Gasteiger partial charge in [-0.2, -0.15) is 0 Å². The molecular formula is C18H16N2O. The van der Waals surface area contributed by atoms with Crippen molar-refractivity contribution in [2.45, 2.75) is 13.0 Å². The van der Waals surface area contributed by atoms with Crippen LogP contribution < -0.4 is 5.32 Å². The second kappa shape index (κ2) is 6.18. The molecule has 104 valence electrons. The van der Waals surface area contributed by atoms with E-state index in [9.17, 15) is 4.79 Å². The molecule has 3 rings (SSSR count). The van der Waals surface area contributed by atoms with Crippen LogP contribution in [-0.2, 0) is 17.8 Å². The summed E-state index contributed by atoms with van der Waals surface area (Å²) in [5.74, 6) is 0.0111. The van der Waals surface area contributed by atoms with Crippen LogP contribution in [0.3, 0.4) is 0 Å². The first kappa shape index (κ1) is 13.3. The molecule has 0 spiro atoms. The summed E-state index contributed by atoms with van der Waals surface area (Å²) in [6.45, 7) is 0.553. The van der Waals surface area contributed by atoms with Crippen molar-refractivity contribution in [3.8, 4) is 0 Å². The molecule has 1 heterocycles. The van der Waals surface area contributed by atoms with E-state index in [4.69, 9.17) is 0 Å². The first-order valence-corrected chi connectivity index (χ1v) is 6.96. The zero-order valence-electron chi connectivity index (χ0n) is 11.6. The summed E-state index contributed by atoms with van der Waals surface area (Å²) in [6.07, 6.45) is 2.11. The molecule has 3 nitrogen and oxygen atoms in total. The monoisotopic (exact) mass is 276 g/mol. The van der Waals surface area contributed by atoms with Gasteiger partial charge >= 0.3 is 0 Å². The summed E-state index contributed by atoms with van der Waals surface area (Å²) >= 11 is 0. The quantitative estimate of drug-likeness (QED) is 0.795. The number of pyridine rings is 1. The van der Waals surface area contributed by atoms with Gasteiger partial charge in [0.25, 0.3) is 0 Å². The molecule has 0 unspecified atom stereocenters. The van der Waals surface area contributed by atoms with Gasteiger partial charge in [0.2, 0.25) is 5.91 Å². The van der Waals surface area contributed by atoms with Crippen LogP contribution in [0.15, 0.2) is 66.9 Å². The van der Waals surface area contributed by atoms with E-state index in [0.29, 0.717) is 13.0 Å². The Morgan fingerprint density at radius 2 is 1.76 bits per heavy atom. The molecule has 1 aromatic heterocycles. The van der Waals surface area contributed by atoms with Gasteiger partial charge in [0.05, 0.1) is 11.9 Å². The summed E-state index contributed by atoms with van der Waals surface area (Å²) in [4.78, 5) is 16.5. The summed E-state index contributed by atoms with van der Waals surface area (Å²) in [6, 6.07) is 19.7. The van der Waals surface area contributed by atoms with Crippen molar-refractivity contribution < 1.29 is 4.79 Å². The maximum atomic E-state index is 12.1. The largest absolute Gasteiger partial charge is 0.352 e. The Morgan fingerprint density at radius 3 is 2.62 bits per heavy atom. The predicted octanol–water partition coefficient (Wildman–Crippen LogP) is 3.09. The number of carbonyl (C=O) groups is 1. The van der Waals surface area contributed by atoms with Gasteiger partial charge in [-0.25, -0.2) is 0 Å². The molecule has 0 atom stereocenters. The van der Waals surface area contributed by atoms with Crippen molar-refractivity contribution in [2.24, 2.45) is 0 Å². The lowest BCUT2D eigenvalue weighted by atomic mass is 10.1. The first-order chi connectivity index (χ1) is 10.3. The zero-order chi connectivity index (χ0) is 14.5. The fourth-order valence-electron chi connectivity index (χ4n) is 2.34. The third-order valence-electron chi connectivity index (χ3n) is 3.40. The Hall–Kier alpha value is -2.68. The van der Waals surface area contributed by atoms with Crippen LogP contribution in [0.25, 0.3) is 10.9 Å². The number of rotatable bonds is 4. The highest BCUT2D eigenvalue weighted by Crippen LogP contribution is 2.16. The number of hydrogen-bond acceptors (Lipinski definition) is 2. The minimum atomic E-state index is 0.0111. The Balaban J connectivity index is 1.69. The molecule has 1 N–H and O–H groups in total. The molecule has 0 fully saturated rings. The highest BCUT2D eigenvalue weighted by Gasteiger charge is 2.07. The Labute approximate surface area is 123 Å². The Morgan fingerprint density at radius 1 is 0.952 bits per heavy atom. The van der Waals surface area contributed by atoms with Gasteiger partial charge < -0.3 is 5.32 Å². The molecule has 0 aliphatic carbocycles. The maximum absolute atomic E-state index is 12.1. The lowest BCUT2D eigenvalue weighted by Gasteiger charge is -2.07. The van der Waals surface area contributed by atoms with Crippen molar-refractivity contribution in [1.82, 2.24) is 10.3 Å². The van der Waals surface area contributed by atoms with Crippen LogP contribution in [0.1, 0.15) is 11.1 Å². The maximum Gasteiger partial charge on any atom is 0.224 e. The van der Waals surface area contributed by atoms with Gasteiger partial charge in [0, 0.05) is 18.1 Å². The van der Waals surface area contributed by atoms with E-state index in [0.717, 1.165) is 22.0 Å². The average molecular weight is 276 g/mol. The summed E-state index contributed by atoms with van der Waals surface area (Å²) in [5, 5.41) is 4.01. The number of aromatic nitrogens is 1. The third-order valence-corrected chi connectivity index (χ3v) is 3.40. The number of nitrogens with one attached hydrogen (secondary N) is 1. The molecule has 0 aliphatic heterocycles. The minimum absolute atomic E-state index is 0.0111. The highest BCUT2D eigenvalue weighted by atomic mass is 16.1. The lowest BCUT2D eigenvalue weighted by molar-refractivity contribution is -0.120. The van der Waals surface area contributed by atoms with E-state index < -0.39 is 0 Å². The van der Waals surface area contributed by atoms with E-state index in [1.807, 2.05) is 60.7 Å². The van der Waals surface area contributed by atoms with Crippen molar-refractivity contribution in [3.05, 3.63) is 78.0 Å². The second-order valence-electron chi connectivity index (χ2n) is 4.93. The van der Waals surface area contributed by atoms with Crippen LogP contribution in [0, 0.1) is 0 Å². The number of amides is 1. The molecule has 21 heavy (non-hydrogen) atoms. The predicted molar refractivity (Wildman–Crippen MR) is 83.7 cm³/mol. The van der Waals surface area contributed by atoms with E-state index in [-0.39, 0.29) is 5.91 Å². The lowest BCUT2D eigenvalue weighted by Crippen LogP contribution is -2.24. The van der Waals surface area contributed by atoms with Gasteiger partial charge in [-0.15, -0.1) is 0 Å². The molecule has 1 amide bonds. The number of para-hydroxylation sites is 1. The van der Waals surface area contributed by atoms with Gasteiger partial charge in [0.1, 0.15) is 0 Å². The molecule has 0 radical (unpaired) electrons. The minimum Gasteiger partial charge on any atom is -0.352 e. The van der Waals surface area contributed by atoms with Crippen LogP contribution in [-0.4, -0.2) is 10.9 Å². The second-order valence-corrected chi connectivity index (χ2v) is 4.93. The molecular weight excluding hydrogens is 260 g/mol. The van der Waals surface area contributed by atoms with E-state index >= 15 is 0 Å². The van der Waals surface area contributed by atoms with Crippen molar-refractivity contribution in [3.63, 3.8) is 0 Å². The van der Waals surface area contributed by atoms with Gasteiger partial charge in [-0.05, 0) is 17.2 Å². The van der Waals surface area contributed by atoms with Crippen molar-refractivity contribution >= 4 is 16.8 Å². The van der Waals surface area contributed by atoms with Crippen molar-refractivity contribution in [2.75, 3.05) is 0 Å². The van der Waals surface area contributed by atoms with Crippen LogP contribution in [0.5, 0.6) is 0 Å². The van der Waals surface area contributed by atoms with Gasteiger partial charge in [-0.1, -0.05) is 54.6 Å². The molecule has 3 aromatic rings. The van der Waals surface area contributed by atoms with Crippen LogP contribution in [0.4, 0.5) is 0 Å². The van der Waals surface area contributed by atoms with E-state index in [2.05, 4.69) is 10.3 Å². The number of hydrogen-bond donors (Lipinski definition) is 1. The molecule has 2 aromatic carbocycles. The number of carbonyl (C=O) groups excluding carboxylic acids is 1. The number of fused-ring (bicyclic) bond motifs is 1.